The van der Waals surface area contributed by atoms with E-state index in [1.165, 1.54) is 0 Å². The number of hydrogen-bond donors (Lipinski definition) is 2. The number of halogens is 1. The fraction of sp³-hybridized carbons (Fsp3) is 0.455. The van der Waals surface area contributed by atoms with E-state index in [0.29, 0.717) is 25.6 Å². The van der Waals surface area contributed by atoms with Crippen molar-refractivity contribution in [1.29, 1.82) is 0 Å². The van der Waals surface area contributed by atoms with Gasteiger partial charge in [-0.1, -0.05) is 15.9 Å². The summed E-state index contributed by atoms with van der Waals surface area (Å²) in [4.78, 5) is 0. The van der Waals surface area contributed by atoms with Crippen molar-refractivity contribution in [3.8, 4) is 5.75 Å². The SMILES string of the molecule is OCCOCCOc1ccc(Br)c(CO)c1. The first-order valence-electron chi connectivity index (χ1n) is 4.98. The number of ether oxygens (including phenoxy) is 2. The minimum Gasteiger partial charge on any atom is -0.491 e. The molecule has 0 saturated carbocycles. The lowest BCUT2D eigenvalue weighted by atomic mass is 10.2. The largest absolute Gasteiger partial charge is 0.491 e. The van der Waals surface area contributed by atoms with Crippen LogP contribution < -0.4 is 4.74 Å². The molecule has 5 heteroatoms. The zero-order valence-electron chi connectivity index (χ0n) is 8.86. The van der Waals surface area contributed by atoms with Gasteiger partial charge in [0.2, 0.25) is 0 Å². The van der Waals surface area contributed by atoms with Crippen LogP contribution in [-0.2, 0) is 11.3 Å². The molecule has 1 rings (SSSR count). The van der Waals surface area contributed by atoms with Crippen LogP contribution in [0.2, 0.25) is 0 Å². The maximum atomic E-state index is 9.05. The van der Waals surface area contributed by atoms with E-state index in [-0.39, 0.29) is 13.2 Å². The Labute approximate surface area is 103 Å². The predicted molar refractivity (Wildman–Crippen MR) is 63.5 cm³/mol. The lowest BCUT2D eigenvalue weighted by molar-refractivity contribution is 0.0705. The summed E-state index contributed by atoms with van der Waals surface area (Å²) in [5.41, 5.74) is 0.786. The Morgan fingerprint density at radius 2 is 1.94 bits per heavy atom. The zero-order chi connectivity index (χ0) is 11.8. The number of aliphatic hydroxyl groups excluding tert-OH is 2. The molecule has 0 heterocycles. The fourth-order valence-corrected chi connectivity index (χ4v) is 1.52. The molecular weight excluding hydrogens is 276 g/mol. The van der Waals surface area contributed by atoms with Gasteiger partial charge in [0.05, 0.1) is 26.4 Å². The maximum Gasteiger partial charge on any atom is 0.119 e. The third-order valence-corrected chi connectivity index (χ3v) is 2.69. The summed E-state index contributed by atoms with van der Waals surface area (Å²) in [6.07, 6.45) is 0. The van der Waals surface area contributed by atoms with E-state index in [9.17, 15) is 0 Å². The summed E-state index contributed by atoms with van der Waals surface area (Å²) in [7, 11) is 0. The molecule has 2 N–H and O–H groups in total. The second kappa shape index (κ2) is 7.62. The molecule has 1 aromatic carbocycles. The van der Waals surface area contributed by atoms with E-state index < -0.39 is 0 Å². The maximum absolute atomic E-state index is 9.05. The Hall–Kier alpha value is -0.620. The average Bonchev–Trinajstić information content (AvgIpc) is 2.31. The van der Waals surface area contributed by atoms with Crippen molar-refractivity contribution in [2.24, 2.45) is 0 Å². The molecule has 0 aliphatic heterocycles. The van der Waals surface area contributed by atoms with Crippen molar-refractivity contribution in [2.45, 2.75) is 6.61 Å². The lowest BCUT2D eigenvalue weighted by Crippen LogP contribution is -2.09. The standard InChI is InChI=1S/C11H15BrO4/c12-11-2-1-10(7-9(11)8-14)16-6-5-15-4-3-13/h1-2,7,13-14H,3-6,8H2. The lowest BCUT2D eigenvalue weighted by Gasteiger charge is -2.08. The molecule has 90 valence electrons. The molecule has 0 aliphatic carbocycles. The van der Waals surface area contributed by atoms with E-state index in [1.807, 2.05) is 12.1 Å². The molecule has 0 spiro atoms. The summed E-state index contributed by atoms with van der Waals surface area (Å²) in [6, 6.07) is 5.42. The normalized spacial score (nSPS) is 10.4. The summed E-state index contributed by atoms with van der Waals surface area (Å²) < 4.78 is 11.3. The highest BCUT2D eigenvalue weighted by Crippen LogP contribution is 2.22. The summed E-state index contributed by atoms with van der Waals surface area (Å²) >= 11 is 3.32. The molecule has 4 nitrogen and oxygen atoms in total. The first kappa shape index (κ1) is 13.4. The summed E-state index contributed by atoms with van der Waals surface area (Å²) in [5, 5.41) is 17.5. The van der Waals surface area contributed by atoms with E-state index in [2.05, 4.69) is 15.9 Å². The van der Waals surface area contributed by atoms with Crippen molar-refractivity contribution in [1.82, 2.24) is 0 Å². The molecule has 0 saturated heterocycles. The Kier molecular flexibility index (Phi) is 6.40. The Morgan fingerprint density at radius 3 is 2.62 bits per heavy atom. The first-order chi connectivity index (χ1) is 7.77. The van der Waals surface area contributed by atoms with Crippen LogP contribution in [0, 0.1) is 0 Å². The highest BCUT2D eigenvalue weighted by Gasteiger charge is 2.01. The van der Waals surface area contributed by atoms with Gasteiger partial charge in [-0.15, -0.1) is 0 Å². The van der Waals surface area contributed by atoms with E-state index in [1.54, 1.807) is 6.07 Å². The van der Waals surface area contributed by atoms with Crippen LogP contribution in [-0.4, -0.2) is 36.6 Å². The van der Waals surface area contributed by atoms with Gasteiger partial charge in [-0.25, -0.2) is 0 Å². The third kappa shape index (κ3) is 4.49. The van der Waals surface area contributed by atoms with Gasteiger partial charge in [0.1, 0.15) is 12.4 Å². The van der Waals surface area contributed by atoms with Crippen molar-refractivity contribution in [2.75, 3.05) is 26.4 Å². The van der Waals surface area contributed by atoms with Gasteiger partial charge < -0.3 is 19.7 Å². The molecule has 0 radical (unpaired) electrons. The van der Waals surface area contributed by atoms with Crippen LogP contribution >= 0.6 is 15.9 Å². The second-order valence-corrected chi connectivity index (χ2v) is 3.95. The van der Waals surface area contributed by atoms with Crippen molar-refractivity contribution < 1.29 is 19.7 Å². The Morgan fingerprint density at radius 1 is 1.12 bits per heavy atom. The molecular formula is C11H15BrO4. The summed E-state index contributed by atoms with van der Waals surface area (Å²) in [6.45, 7) is 1.18. The quantitative estimate of drug-likeness (QED) is 0.744. The molecule has 0 amide bonds. The van der Waals surface area contributed by atoms with E-state index in [4.69, 9.17) is 19.7 Å². The van der Waals surface area contributed by atoms with Gasteiger partial charge in [-0.05, 0) is 23.8 Å². The van der Waals surface area contributed by atoms with E-state index >= 15 is 0 Å². The Balaban J connectivity index is 2.36. The van der Waals surface area contributed by atoms with Crippen LogP contribution in [0.15, 0.2) is 22.7 Å². The van der Waals surface area contributed by atoms with Gasteiger partial charge in [-0.3, -0.25) is 0 Å². The fourth-order valence-electron chi connectivity index (χ4n) is 1.15. The second-order valence-electron chi connectivity index (χ2n) is 3.10. The monoisotopic (exact) mass is 290 g/mol. The molecule has 0 fully saturated rings. The van der Waals surface area contributed by atoms with Gasteiger partial charge in [0.25, 0.3) is 0 Å². The van der Waals surface area contributed by atoms with Crippen LogP contribution in [0.4, 0.5) is 0 Å². The van der Waals surface area contributed by atoms with Gasteiger partial charge in [-0.2, -0.15) is 0 Å². The first-order valence-corrected chi connectivity index (χ1v) is 5.78. The van der Waals surface area contributed by atoms with Crippen molar-refractivity contribution in [3.05, 3.63) is 28.2 Å². The van der Waals surface area contributed by atoms with Crippen molar-refractivity contribution >= 4 is 15.9 Å². The molecule has 0 aromatic heterocycles. The third-order valence-electron chi connectivity index (χ3n) is 1.92. The number of aliphatic hydroxyl groups is 2. The molecule has 0 unspecified atom stereocenters. The van der Waals surface area contributed by atoms with Crippen LogP contribution in [0.1, 0.15) is 5.56 Å². The van der Waals surface area contributed by atoms with Gasteiger partial charge in [0.15, 0.2) is 0 Å². The molecule has 0 aliphatic rings. The zero-order valence-corrected chi connectivity index (χ0v) is 10.4. The van der Waals surface area contributed by atoms with E-state index in [0.717, 1.165) is 10.0 Å². The predicted octanol–water partition coefficient (Wildman–Crippen LogP) is 1.33. The number of benzene rings is 1. The molecule has 0 atom stereocenters. The Bertz CT molecular complexity index is 317. The average molecular weight is 291 g/mol. The molecule has 1 aromatic rings. The number of rotatable bonds is 7. The molecule has 0 bridgehead atoms. The smallest absolute Gasteiger partial charge is 0.119 e. The highest BCUT2D eigenvalue weighted by atomic mass is 79.9. The van der Waals surface area contributed by atoms with Crippen LogP contribution in [0.3, 0.4) is 0 Å². The topological polar surface area (TPSA) is 58.9 Å². The van der Waals surface area contributed by atoms with Crippen LogP contribution in [0.5, 0.6) is 5.75 Å². The minimum atomic E-state index is -0.0290. The minimum absolute atomic E-state index is 0.0208. The van der Waals surface area contributed by atoms with Crippen molar-refractivity contribution in [3.63, 3.8) is 0 Å². The highest BCUT2D eigenvalue weighted by molar-refractivity contribution is 9.10. The summed E-state index contributed by atoms with van der Waals surface area (Å²) in [5.74, 6) is 0.694. The van der Waals surface area contributed by atoms with Gasteiger partial charge in [0, 0.05) is 4.47 Å². The number of hydrogen-bond acceptors (Lipinski definition) is 4. The molecule has 16 heavy (non-hydrogen) atoms. The van der Waals surface area contributed by atoms with Gasteiger partial charge >= 0.3 is 0 Å². The van der Waals surface area contributed by atoms with Crippen LogP contribution in [0.25, 0.3) is 0 Å².